The number of hydrogen-bond donors (Lipinski definition) is 1. The highest BCUT2D eigenvalue weighted by Gasteiger charge is 2.50. The second kappa shape index (κ2) is 6.23. The molecule has 0 heterocycles. The summed E-state index contributed by atoms with van der Waals surface area (Å²) in [5.41, 5.74) is 3.34. The van der Waals surface area contributed by atoms with E-state index in [1.807, 2.05) is 33.8 Å². The van der Waals surface area contributed by atoms with Crippen LogP contribution in [-0.2, 0) is 5.41 Å². The molecule has 3 nitrogen and oxygen atoms in total. The monoisotopic (exact) mass is 356 g/mol. The lowest BCUT2D eigenvalue weighted by Gasteiger charge is -2.51. The molecule has 0 spiro atoms. The van der Waals surface area contributed by atoms with Crippen LogP contribution in [0.2, 0.25) is 0 Å². The number of allylic oxidation sites excluding steroid dienone is 1. The fourth-order valence-corrected chi connectivity index (χ4v) is 4.71. The Morgan fingerprint density at radius 3 is 2.38 bits per heavy atom. The Morgan fingerprint density at radius 2 is 1.81 bits per heavy atom. The first-order chi connectivity index (χ1) is 12.0. The molecule has 1 saturated carbocycles. The summed E-state index contributed by atoms with van der Waals surface area (Å²) in [7, 11) is 0. The van der Waals surface area contributed by atoms with Crippen molar-refractivity contribution in [1.82, 2.24) is 0 Å². The van der Waals surface area contributed by atoms with Crippen LogP contribution in [0.3, 0.4) is 0 Å². The van der Waals surface area contributed by atoms with Crippen LogP contribution < -0.4 is 4.74 Å². The molecule has 1 aromatic carbocycles. The second-order valence-corrected chi connectivity index (χ2v) is 9.29. The predicted octanol–water partition coefficient (Wildman–Crippen LogP) is 5.16. The van der Waals surface area contributed by atoms with Crippen molar-refractivity contribution < 1.29 is 14.6 Å². The third-order valence-electron chi connectivity index (χ3n) is 6.31. The van der Waals surface area contributed by atoms with E-state index < -0.39 is 11.5 Å². The van der Waals surface area contributed by atoms with E-state index in [0.29, 0.717) is 0 Å². The molecule has 0 radical (unpaired) electrons. The maximum Gasteiger partial charge on any atom is 0.186 e. The van der Waals surface area contributed by atoms with Gasteiger partial charge in [0.1, 0.15) is 5.75 Å². The van der Waals surface area contributed by atoms with Gasteiger partial charge in [-0.15, -0.1) is 0 Å². The standard InChI is InChI=1S/C23H32O3/c1-13(2)15-10-16-17(11-19(15)26-14(3)4)23(7)9-8-21(25)22(5,6)20(23)12-18(16)24/h10-14,21,25H,8-9H2,1-7H3/t21-,23+/m0/s1. The van der Waals surface area contributed by atoms with Crippen LogP contribution in [0.15, 0.2) is 23.8 Å². The van der Waals surface area contributed by atoms with E-state index in [4.69, 9.17) is 4.74 Å². The molecule has 0 bridgehead atoms. The minimum atomic E-state index is -0.419. The van der Waals surface area contributed by atoms with Gasteiger partial charge in [-0.05, 0) is 67.5 Å². The number of hydrogen-bond acceptors (Lipinski definition) is 3. The SMILES string of the molecule is CC(C)Oc1cc2c(cc1C(C)C)C(=O)C=C1C(C)(C)[C@@H](O)CC[C@@]12C. The Morgan fingerprint density at radius 1 is 1.15 bits per heavy atom. The molecule has 2 aliphatic rings. The van der Waals surface area contributed by atoms with Gasteiger partial charge in [-0.1, -0.05) is 34.6 Å². The average Bonchev–Trinajstić information content (AvgIpc) is 2.53. The van der Waals surface area contributed by atoms with Crippen molar-refractivity contribution in [2.24, 2.45) is 5.41 Å². The molecule has 142 valence electrons. The number of ketones is 1. The van der Waals surface area contributed by atoms with E-state index in [-0.39, 0.29) is 23.2 Å². The van der Waals surface area contributed by atoms with Crippen molar-refractivity contribution >= 4 is 5.78 Å². The molecule has 0 aliphatic heterocycles. The highest BCUT2D eigenvalue weighted by molar-refractivity contribution is 6.08. The first kappa shape index (κ1) is 19.2. The molecule has 1 N–H and O–H groups in total. The van der Waals surface area contributed by atoms with Crippen molar-refractivity contribution in [1.29, 1.82) is 0 Å². The minimum Gasteiger partial charge on any atom is -0.491 e. The smallest absolute Gasteiger partial charge is 0.186 e. The van der Waals surface area contributed by atoms with Gasteiger partial charge in [-0.25, -0.2) is 0 Å². The highest BCUT2D eigenvalue weighted by Crippen LogP contribution is 2.55. The summed E-state index contributed by atoms with van der Waals surface area (Å²) in [6.07, 6.45) is 3.03. The van der Waals surface area contributed by atoms with E-state index in [0.717, 1.165) is 40.9 Å². The molecule has 26 heavy (non-hydrogen) atoms. The molecule has 3 heteroatoms. The first-order valence-corrected chi connectivity index (χ1v) is 9.78. The molecule has 0 saturated heterocycles. The van der Waals surface area contributed by atoms with Crippen LogP contribution in [0.25, 0.3) is 0 Å². The van der Waals surface area contributed by atoms with Gasteiger partial charge in [0.25, 0.3) is 0 Å². The summed E-state index contributed by atoms with van der Waals surface area (Å²) in [4.78, 5) is 13.0. The maximum atomic E-state index is 13.0. The van der Waals surface area contributed by atoms with Crippen LogP contribution in [0.1, 0.15) is 88.7 Å². The third kappa shape index (κ3) is 2.81. The summed E-state index contributed by atoms with van der Waals surface area (Å²) in [5.74, 6) is 1.21. The Kier molecular flexibility index (Phi) is 4.59. The molecule has 1 fully saturated rings. The lowest BCUT2D eigenvalue weighted by molar-refractivity contribution is 0.0285. The lowest BCUT2D eigenvalue weighted by atomic mass is 9.54. The molecule has 1 aromatic rings. The number of fused-ring (bicyclic) bond motifs is 3. The van der Waals surface area contributed by atoms with Crippen LogP contribution in [-0.4, -0.2) is 23.1 Å². The van der Waals surface area contributed by atoms with Crippen molar-refractivity contribution in [2.75, 3.05) is 0 Å². The summed E-state index contributed by atoms with van der Waals surface area (Å²) >= 11 is 0. The highest BCUT2D eigenvalue weighted by atomic mass is 16.5. The van der Waals surface area contributed by atoms with Crippen LogP contribution in [0.4, 0.5) is 0 Å². The van der Waals surface area contributed by atoms with Crippen molar-refractivity contribution in [3.05, 3.63) is 40.5 Å². The quantitative estimate of drug-likeness (QED) is 0.814. The van der Waals surface area contributed by atoms with Gasteiger partial charge in [-0.2, -0.15) is 0 Å². The number of carbonyl (C=O) groups excluding carboxylic acids is 1. The summed E-state index contributed by atoms with van der Waals surface area (Å²) in [6.45, 7) is 14.6. The second-order valence-electron chi connectivity index (χ2n) is 9.29. The van der Waals surface area contributed by atoms with Crippen LogP contribution in [0, 0.1) is 5.41 Å². The van der Waals surface area contributed by atoms with Crippen LogP contribution >= 0.6 is 0 Å². The summed E-state index contributed by atoms with van der Waals surface area (Å²) in [5, 5.41) is 10.5. The van der Waals surface area contributed by atoms with Gasteiger partial charge in [0.2, 0.25) is 0 Å². The zero-order chi connectivity index (χ0) is 19.4. The Balaban J connectivity index is 2.23. The van der Waals surface area contributed by atoms with Crippen LogP contribution in [0.5, 0.6) is 5.75 Å². The third-order valence-corrected chi connectivity index (χ3v) is 6.31. The number of carbonyl (C=O) groups is 1. The molecular weight excluding hydrogens is 324 g/mol. The van der Waals surface area contributed by atoms with Gasteiger partial charge in [0.15, 0.2) is 5.78 Å². The van der Waals surface area contributed by atoms with E-state index in [2.05, 4.69) is 26.8 Å². The number of benzene rings is 1. The fraction of sp³-hybridized carbons (Fsp3) is 0.609. The van der Waals surface area contributed by atoms with Crippen molar-refractivity contribution in [3.8, 4) is 5.75 Å². The van der Waals surface area contributed by atoms with E-state index in [1.54, 1.807) is 6.08 Å². The normalized spacial score (nSPS) is 27.2. The minimum absolute atomic E-state index is 0.0487. The molecular formula is C23H32O3. The number of ether oxygens (including phenoxy) is 1. The number of rotatable bonds is 3. The first-order valence-electron chi connectivity index (χ1n) is 9.78. The Bertz CT molecular complexity index is 770. The Hall–Kier alpha value is -1.61. The molecule has 0 unspecified atom stereocenters. The van der Waals surface area contributed by atoms with Gasteiger partial charge in [0.05, 0.1) is 12.2 Å². The van der Waals surface area contributed by atoms with E-state index in [9.17, 15) is 9.90 Å². The largest absolute Gasteiger partial charge is 0.491 e. The van der Waals surface area contributed by atoms with Gasteiger partial charge in [-0.3, -0.25) is 4.79 Å². The maximum absolute atomic E-state index is 13.0. The van der Waals surface area contributed by atoms with E-state index >= 15 is 0 Å². The van der Waals surface area contributed by atoms with Gasteiger partial charge >= 0.3 is 0 Å². The predicted molar refractivity (Wildman–Crippen MR) is 105 cm³/mol. The molecule has 0 amide bonds. The zero-order valence-electron chi connectivity index (χ0n) is 17.1. The number of aliphatic hydroxyl groups excluding tert-OH is 1. The lowest BCUT2D eigenvalue weighted by Crippen LogP contribution is -2.48. The Labute approximate surface area is 157 Å². The average molecular weight is 357 g/mol. The number of aliphatic hydroxyl groups is 1. The van der Waals surface area contributed by atoms with Crippen molar-refractivity contribution in [3.63, 3.8) is 0 Å². The summed E-state index contributed by atoms with van der Waals surface area (Å²) in [6, 6.07) is 4.14. The summed E-state index contributed by atoms with van der Waals surface area (Å²) < 4.78 is 6.13. The topological polar surface area (TPSA) is 46.5 Å². The zero-order valence-corrected chi connectivity index (χ0v) is 17.1. The molecule has 2 atom stereocenters. The van der Waals surface area contributed by atoms with Gasteiger partial charge in [0, 0.05) is 16.4 Å². The molecule has 0 aromatic heterocycles. The molecule has 3 rings (SSSR count). The fourth-order valence-electron chi connectivity index (χ4n) is 4.71. The molecule has 2 aliphatic carbocycles. The van der Waals surface area contributed by atoms with E-state index in [1.165, 1.54) is 0 Å². The van der Waals surface area contributed by atoms with Gasteiger partial charge < -0.3 is 9.84 Å². The van der Waals surface area contributed by atoms with Crippen molar-refractivity contribution in [2.45, 2.75) is 84.8 Å².